The van der Waals surface area contributed by atoms with Crippen molar-refractivity contribution in [1.29, 1.82) is 0 Å². The molecular formula is C16H27NOS. The molecule has 1 N–H and O–H groups in total. The molecule has 0 amide bonds. The number of ether oxygens (including phenoxy) is 1. The zero-order valence-corrected chi connectivity index (χ0v) is 13.6. The minimum Gasteiger partial charge on any atom is -0.377 e. The predicted octanol–water partition coefficient (Wildman–Crippen LogP) is 3.99. The quantitative estimate of drug-likeness (QED) is 0.851. The standard InChI is InChI=1S/C16H27NOS/c1-11(2)8-18-15-6-14(16(15,4)5)17-7-13-10-19-9-12(13)3/h9-11,14-15,17H,6-8H2,1-5H3. The van der Waals surface area contributed by atoms with Crippen LogP contribution in [-0.4, -0.2) is 18.8 Å². The summed E-state index contributed by atoms with van der Waals surface area (Å²) in [5.41, 5.74) is 3.09. The molecule has 0 spiro atoms. The Labute approximate surface area is 121 Å². The van der Waals surface area contributed by atoms with Crippen molar-refractivity contribution in [1.82, 2.24) is 5.32 Å². The molecule has 108 valence electrons. The molecule has 0 aliphatic heterocycles. The molecular weight excluding hydrogens is 254 g/mol. The normalized spacial score (nSPS) is 25.6. The lowest BCUT2D eigenvalue weighted by Gasteiger charge is -2.52. The van der Waals surface area contributed by atoms with E-state index in [0.717, 1.165) is 19.6 Å². The third-order valence-electron chi connectivity index (χ3n) is 4.31. The van der Waals surface area contributed by atoms with Crippen LogP contribution in [0.3, 0.4) is 0 Å². The van der Waals surface area contributed by atoms with Crippen LogP contribution in [-0.2, 0) is 11.3 Å². The lowest BCUT2D eigenvalue weighted by molar-refractivity contribution is -0.124. The highest BCUT2D eigenvalue weighted by Gasteiger charge is 2.48. The van der Waals surface area contributed by atoms with Crippen LogP contribution in [0.4, 0.5) is 0 Å². The molecule has 1 heterocycles. The van der Waals surface area contributed by atoms with Crippen LogP contribution >= 0.6 is 11.3 Å². The number of aryl methyl sites for hydroxylation is 1. The summed E-state index contributed by atoms with van der Waals surface area (Å²) in [5, 5.41) is 8.17. The molecule has 0 radical (unpaired) electrons. The number of hydrogen-bond donors (Lipinski definition) is 1. The van der Waals surface area contributed by atoms with Crippen LogP contribution < -0.4 is 5.32 Å². The smallest absolute Gasteiger partial charge is 0.0656 e. The van der Waals surface area contributed by atoms with Crippen LogP contribution in [0.5, 0.6) is 0 Å². The van der Waals surface area contributed by atoms with Crippen molar-refractivity contribution in [2.24, 2.45) is 11.3 Å². The van der Waals surface area contributed by atoms with Crippen molar-refractivity contribution < 1.29 is 4.74 Å². The highest BCUT2D eigenvalue weighted by atomic mass is 32.1. The van der Waals surface area contributed by atoms with Gasteiger partial charge in [-0.05, 0) is 41.1 Å². The van der Waals surface area contributed by atoms with Crippen LogP contribution in [0.15, 0.2) is 10.8 Å². The average molecular weight is 281 g/mol. The molecule has 19 heavy (non-hydrogen) atoms. The summed E-state index contributed by atoms with van der Waals surface area (Å²) >= 11 is 1.79. The van der Waals surface area contributed by atoms with Crippen molar-refractivity contribution in [2.75, 3.05) is 6.61 Å². The van der Waals surface area contributed by atoms with Crippen molar-refractivity contribution in [3.05, 3.63) is 21.9 Å². The molecule has 3 heteroatoms. The Morgan fingerprint density at radius 2 is 2.16 bits per heavy atom. The van der Waals surface area contributed by atoms with Gasteiger partial charge in [-0.3, -0.25) is 0 Å². The van der Waals surface area contributed by atoms with Gasteiger partial charge in [0.05, 0.1) is 6.10 Å². The highest BCUT2D eigenvalue weighted by Crippen LogP contribution is 2.43. The molecule has 1 aromatic heterocycles. The van der Waals surface area contributed by atoms with Gasteiger partial charge in [-0.25, -0.2) is 0 Å². The van der Waals surface area contributed by atoms with E-state index in [2.05, 4.69) is 50.7 Å². The van der Waals surface area contributed by atoms with Crippen molar-refractivity contribution in [3.63, 3.8) is 0 Å². The van der Waals surface area contributed by atoms with Gasteiger partial charge in [0, 0.05) is 24.6 Å². The van der Waals surface area contributed by atoms with Crippen LogP contribution in [0, 0.1) is 18.3 Å². The van der Waals surface area contributed by atoms with E-state index < -0.39 is 0 Å². The van der Waals surface area contributed by atoms with Crippen molar-refractivity contribution >= 4 is 11.3 Å². The molecule has 0 aromatic carbocycles. The summed E-state index contributed by atoms with van der Waals surface area (Å²) in [7, 11) is 0. The number of thiophene rings is 1. The zero-order valence-electron chi connectivity index (χ0n) is 12.8. The Balaban J connectivity index is 1.79. The number of rotatable bonds is 6. The molecule has 2 rings (SSSR count). The highest BCUT2D eigenvalue weighted by molar-refractivity contribution is 7.08. The van der Waals surface area contributed by atoms with Gasteiger partial charge >= 0.3 is 0 Å². The van der Waals surface area contributed by atoms with E-state index in [9.17, 15) is 0 Å². The second kappa shape index (κ2) is 5.94. The summed E-state index contributed by atoms with van der Waals surface area (Å²) in [6.45, 7) is 13.1. The Bertz CT molecular complexity index is 411. The fraction of sp³-hybridized carbons (Fsp3) is 0.750. The molecule has 2 unspecified atom stereocenters. The lowest BCUT2D eigenvalue weighted by atomic mass is 9.64. The minimum absolute atomic E-state index is 0.249. The van der Waals surface area contributed by atoms with Gasteiger partial charge in [0.25, 0.3) is 0 Å². The van der Waals surface area contributed by atoms with E-state index >= 15 is 0 Å². The molecule has 2 nitrogen and oxygen atoms in total. The maximum Gasteiger partial charge on any atom is 0.0656 e. The van der Waals surface area contributed by atoms with Crippen LogP contribution in [0.25, 0.3) is 0 Å². The molecule has 1 aliphatic rings. The first-order valence-corrected chi connectivity index (χ1v) is 8.22. The van der Waals surface area contributed by atoms with Crippen molar-refractivity contribution in [3.8, 4) is 0 Å². The Morgan fingerprint density at radius 3 is 2.68 bits per heavy atom. The third kappa shape index (κ3) is 3.39. The van der Waals surface area contributed by atoms with E-state index in [1.807, 2.05) is 0 Å². The van der Waals surface area contributed by atoms with E-state index in [1.54, 1.807) is 11.3 Å². The topological polar surface area (TPSA) is 21.3 Å². The number of hydrogen-bond acceptors (Lipinski definition) is 3. The van der Waals surface area contributed by atoms with E-state index in [1.165, 1.54) is 11.1 Å². The Morgan fingerprint density at radius 1 is 1.42 bits per heavy atom. The summed E-state index contributed by atoms with van der Waals surface area (Å²) < 4.78 is 6.01. The monoisotopic (exact) mass is 281 g/mol. The molecule has 1 aliphatic carbocycles. The summed E-state index contributed by atoms with van der Waals surface area (Å²) in [4.78, 5) is 0. The summed E-state index contributed by atoms with van der Waals surface area (Å²) in [5.74, 6) is 0.622. The van der Waals surface area contributed by atoms with Gasteiger partial charge in [0.2, 0.25) is 0 Å². The van der Waals surface area contributed by atoms with Gasteiger partial charge in [0.15, 0.2) is 0 Å². The second-order valence-electron chi connectivity index (χ2n) is 6.79. The molecule has 1 aromatic rings. The maximum atomic E-state index is 6.01. The fourth-order valence-corrected chi connectivity index (χ4v) is 3.48. The molecule has 1 saturated carbocycles. The molecule has 2 atom stereocenters. The molecule has 0 saturated heterocycles. The Hall–Kier alpha value is -0.380. The average Bonchev–Trinajstić information content (AvgIpc) is 2.72. The van der Waals surface area contributed by atoms with E-state index in [-0.39, 0.29) is 5.41 Å². The van der Waals surface area contributed by atoms with Gasteiger partial charge in [-0.1, -0.05) is 27.7 Å². The third-order valence-corrected chi connectivity index (χ3v) is 5.22. The fourth-order valence-electron chi connectivity index (χ4n) is 2.62. The minimum atomic E-state index is 0.249. The van der Waals surface area contributed by atoms with E-state index in [4.69, 9.17) is 4.74 Å². The Kier molecular flexibility index (Phi) is 4.70. The van der Waals surface area contributed by atoms with Crippen LogP contribution in [0.2, 0.25) is 0 Å². The molecule has 0 bridgehead atoms. The van der Waals surface area contributed by atoms with Gasteiger partial charge < -0.3 is 10.1 Å². The van der Waals surface area contributed by atoms with E-state index in [0.29, 0.717) is 18.1 Å². The second-order valence-corrected chi connectivity index (χ2v) is 7.53. The summed E-state index contributed by atoms with van der Waals surface area (Å²) in [6.07, 6.45) is 1.55. The van der Waals surface area contributed by atoms with Gasteiger partial charge in [-0.2, -0.15) is 11.3 Å². The first kappa shape index (κ1) is 15.0. The summed E-state index contributed by atoms with van der Waals surface area (Å²) in [6, 6.07) is 0.573. The van der Waals surface area contributed by atoms with Gasteiger partial charge in [-0.15, -0.1) is 0 Å². The van der Waals surface area contributed by atoms with Crippen molar-refractivity contribution in [2.45, 2.75) is 59.7 Å². The van der Waals surface area contributed by atoms with Crippen LogP contribution in [0.1, 0.15) is 45.2 Å². The number of nitrogens with one attached hydrogen (secondary N) is 1. The predicted molar refractivity (Wildman–Crippen MR) is 82.7 cm³/mol. The lowest BCUT2D eigenvalue weighted by Crippen LogP contribution is -2.60. The zero-order chi connectivity index (χ0) is 14.0. The maximum absolute atomic E-state index is 6.01. The SMILES string of the molecule is Cc1cscc1CNC1CC(OCC(C)C)C1(C)C. The first-order chi connectivity index (χ1) is 8.91. The molecule has 1 fully saturated rings. The largest absolute Gasteiger partial charge is 0.377 e. The first-order valence-electron chi connectivity index (χ1n) is 7.28. The van der Waals surface area contributed by atoms with Gasteiger partial charge in [0.1, 0.15) is 0 Å².